The van der Waals surface area contributed by atoms with Gasteiger partial charge in [-0.2, -0.15) is 0 Å². The van der Waals surface area contributed by atoms with E-state index in [1.54, 1.807) is 19.1 Å². The number of benzene rings is 2. The topological polar surface area (TPSA) is 71.1 Å². The molecular weight excluding hydrogens is 394 g/mol. The molecule has 2 N–H and O–H groups in total. The number of aromatic nitrogens is 1. The van der Waals surface area contributed by atoms with E-state index in [4.69, 9.17) is 11.6 Å². The van der Waals surface area contributed by atoms with Crippen LogP contribution in [0.15, 0.2) is 48.5 Å². The minimum Gasteiger partial charge on any atom is -0.342 e. The Morgan fingerprint density at radius 1 is 1.14 bits per heavy atom. The number of carbonyl (C=O) groups is 2. The Morgan fingerprint density at radius 2 is 1.93 bits per heavy atom. The summed E-state index contributed by atoms with van der Waals surface area (Å²) in [4.78, 5) is 29.7. The molecule has 0 atom stereocenters. The highest BCUT2D eigenvalue weighted by Gasteiger charge is 2.17. The average molecular weight is 414 g/mol. The monoisotopic (exact) mass is 413 g/mol. The van der Waals surface area contributed by atoms with E-state index >= 15 is 0 Å². The van der Waals surface area contributed by atoms with Crippen molar-refractivity contribution >= 4 is 40.4 Å². The molecule has 28 heavy (non-hydrogen) atoms. The number of para-hydroxylation sites is 1. The Morgan fingerprint density at radius 3 is 2.68 bits per heavy atom. The van der Waals surface area contributed by atoms with E-state index in [9.17, 15) is 9.59 Å². The van der Waals surface area contributed by atoms with E-state index in [1.807, 2.05) is 43.3 Å². The molecule has 0 spiro atoms. The van der Waals surface area contributed by atoms with Gasteiger partial charge >= 0.3 is 0 Å². The second-order valence-corrected chi connectivity index (χ2v) is 7.62. The van der Waals surface area contributed by atoms with E-state index in [-0.39, 0.29) is 18.4 Å². The Bertz CT molecular complexity index is 1020. The fourth-order valence-corrected chi connectivity index (χ4v) is 3.91. The van der Waals surface area contributed by atoms with Crippen molar-refractivity contribution in [2.75, 3.05) is 11.9 Å². The highest BCUT2D eigenvalue weighted by molar-refractivity contribution is 7.17. The van der Waals surface area contributed by atoms with E-state index in [0.717, 1.165) is 23.2 Å². The standard InChI is InChI=1S/C21H20ClN3O2S/c1-3-14-7-4-5-10-17(14)25-18(26)12-23-20(27)19-13(2)24-21(28-19)15-8-6-9-16(22)11-15/h4-11H,3,12H2,1-2H3,(H,23,27)(H,25,26). The molecule has 7 heteroatoms. The van der Waals surface area contributed by atoms with Crippen LogP contribution in [0.2, 0.25) is 5.02 Å². The maximum Gasteiger partial charge on any atom is 0.263 e. The van der Waals surface area contributed by atoms with Gasteiger partial charge in [0, 0.05) is 16.3 Å². The van der Waals surface area contributed by atoms with Crippen molar-refractivity contribution in [3.05, 3.63) is 69.7 Å². The maximum atomic E-state index is 12.5. The van der Waals surface area contributed by atoms with Crippen LogP contribution in [0.3, 0.4) is 0 Å². The summed E-state index contributed by atoms with van der Waals surface area (Å²) in [5.74, 6) is -0.589. The van der Waals surface area contributed by atoms with Crippen molar-refractivity contribution in [3.8, 4) is 10.6 Å². The number of hydrogen-bond acceptors (Lipinski definition) is 4. The molecule has 144 valence electrons. The van der Waals surface area contributed by atoms with Crippen LogP contribution in [-0.2, 0) is 11.2 Å². The largest absolute Gasteiger partial charge is 0.342 e. The molecule has 2 amide bonds. The highest BCUT2D eigenvalue weighted by atomic mass is 35.5. The number of nitrogens with zero attached hydrogens (tertiary/aromatic N) is 1. The number of rotatable bonds is 6. The average Bonchev–Trinajstić information content (AvgIpc) is 3.08. The van der Waals surface area contributed by atoms with Gasteiger partial charge < -0.3 is 10.6 Å². The fraction of sp³-hybridized carbons (Fsp3) is 0.190. The molecule has 5 nitrogen and oxygen atoms in total. The lowest BCUT2D eigenvalue weighted by atomic mass is 10.1. The summed E-state index contributed by atoms with van der Waals surface area (Å²) in [5.41, 5.74) is 3.29. The van der Waals surface area contributed by atoms with Crippen molar-refractivity contribution < 1.29 is 9.59 Å². The number of amides is 2. The molecule has 0 saturated carbocycles. The third-order valence-corrected chi connectivity index (χ3v) is 5.60. The summed E-state index contributed by atoms with van der Waals surface area (Å²) in [5, 5.41) is 6.83. The molecule has 2 aromatic carbocycles. The lowest BCUT2D eigenvalue weighted by molar-refractivity contribution is -0.115. The van der Waals surface area contributed by atoms with Gasteiger partial charge in [-0.15, -0.1) is 11.3 Å². The number of carbonyl (C=O) groups excluding carboxylic acids is 2. The predicted molar refractivity (Wildman–Crippen MR) is 114 cm³/mol. The minimum atomic E-state index is -0.317. The molecular formula is C21H20ClN3O2S. The zero-order valence-electron chi connectivity index (χ0n) is 15.6. The third-order valence-electron chi connectivity index (χ3n) is 4.16. The third kappa shape index (κ3) is 4.77. The van der Waals surface area contributed by atoms with Gasteiger partial charge in [0.1, 0.15) is 9.88 Å². The van der Waals surface area contributed by atoms with Crippen molar-refractivity contribution in [1.29, 1.82) is 0 Å². The van der Waals surface area contributed by atoms with E-state index in [2.05, 4.69) is 15.6 Å². The first-order chi connectivity index (χ1) is 13.5. The molecule has 1 aromatic heterocycles. The molecule has 1 heterocycles. The first-order valence-corrected chi connectivity index (χ1v) is 10.1. The van der Waals surface area contributed by atoms with Crippen LogP contribution >= 0.6 is 22.9 Å². The van der Waals surface area contributed by atoms with E-state index in [1.165, 1.54) is 11.3 Å². The summed E-state index contributed by atoms with van der Waals surface area (Å²) in [6, 6.07) is 14.9. The van der Waals surface area contributed by atoms with E-state index < -0.39 is 0 Å². The summed E-state index contributed by atoms with van der Waals surface area (Å²) in [6.45, 7) is 3.69. The van der Waals surface area contributed by atoms with Crippen LogP contribution < -0.4 is 10.6 Å². The first-order valence-electron chi connectivity index (χ1n) is 8.87. The lowest BCUT2D eigenvalue weighted by Crippen LogP contribution is -2.33. The smallest absolute Gasteiger partial charge is 0.263 e. The van der Waals surface area contributed by atoms with Crippen molar-refractivity contribution in [1.82, 2.24) is 10.3 Å². The summed E-state index contributed by atoms with van der Waals surface area (Å²) in [6.07, 6.45) is 0.815. The van der Waals surface area contributed by atoms with E-state index in [0.29, 0.717) is 20.6 Å². The Hall–Kier alpha value is -2.70. The SMILES string of the molecule is CCc1ccccc1NC(=O)CNC(=O)c1sc(-c2cccc(Cl)c2)nc1C. The number of anilines is 1. The van der Waals surface area contributed by atoms with Crippen LogP contribution in [0, 0.1) is 6.92 Å². The Labute approximate surface area is 172 Å². The Balaban J connectivity index is 1.64. The second kappa shape index (κ2) is 8.99. The molecule has 0 radical (unpaired) electrons. The van der Waals surface area contributed by atoms with Crippen LogP contribution in [0.1, 0.15) is 27.9 Å². The van der Waals surface area contributed by atoms with Crippen molar-refractivity contribution in [2.24, 2.45) is 0 Å². The fourth-order valence-electron chi connectivity index (χ4n) is 2.74. The van der Waals surface area contributed by atoms with Crippen LogP contribution in [0.4, 0.5) is 5.69 Å². The van der Waals surface area contributed by atoms with Gasteiger partial charge in [0.25, 0.3) is 5.91 Å². The summed E-state index contributed by atoms with van der Waals surface area (Å²) in [7, 11) is 0. The molecule has 0 saturated heterocycles. The zero-order valence-corrected chi connectivity index (χ0v) is 17.2. The van der Waals surface area contributed by atoms with Crippen LogP contribution in [-0.4, -0.2) is 23.3 Å². The van der Waals surface area contributed by atoms with Gasteiger partial charge in [-0.25, -0.2) is 4.98 Å². The first kappa shape index (κ1) is 20.0. The minimum absolute atomic E-state index is 0.110. The molecule has 0 fully saturated rings. The van der Waals surface area contributed by atoms with Gasteiger partial charge in [-0.1, -0.05) is 48.9 Å². The maximum absolute atomic E-state index is 12.5. The molecule has 3 rings (SSSR count). The molecule has 0 aliphatic rings. The number of halogens is 1. The molecule has 0 aliphatic heterocycles. The van der Waals surface area contributed by atoms with Crippen LogP contribution in [0.25, 0.3) is 10.6 Å². The number of aryl methyl sites for hydroxylation is 2. The second-order valence-electron chi connectivity index (χ2n) is 6.19. The van der Waals surface area contributed by atoms with Gasteiger partial charge in [-0.05, 0) is 37.1 Å². The predicted octanol–water partition coefficient (Wildman–Crippen LogP) is 4.70. The molecule has 0 aliphatic carbocycles. The number of nitrogens with one attached hydrogen (secondary N) is 2. The summed E-state index contributed by atoms with van der Waals surface area (Å²) < 4.78 is 0. The molecule has 3 aromatic rings. The van der Waals surface area contributed by atoms with Gasteiger partial charge in [-0.3, -0.25) is 9.59 Å². The van der Waals surface area contributed by atoms with Crippen LogP contribution in [0.5, 0.6) is 0 Å². The van der Waals surface area contributed by atoms with Gasteiger partial charge in [0.2, 0.25) is 5.91 Å². The van der Waals surface area contributed by atoms with Gasteiger partial charge in [0.15, 0.2) is 0 Å². The lowest BCUT2D eigenvalue weighted by Gasteiger charge is -2.10. The number of hydrogen-bond donors (Lipinski definition) is 2. The Kier molecular flexibility index (Phi) is 6.44. The van der Waals surface area contributed by atoms with Gasteiger partial charge in [0.05, 0.1) is 12.2 Å². The quantitative estimate of drug-likeness (QED) is 0.615. The van der Waals surface area contributed by atoms with Crippen molar-refractivity contribution in [2.45, 2.75) is 20.3 Å². The normalized spacial score (nSPS) is 10.5. The highest BCUT2D eigenvalue weighted by Crippen LogP contribution is 2.29. The zero-order chi connectivity index (χ0) is 20.1. The van der Waals surface area contributed by atoms with Crippen molar-refractivity contribution in [3.63, 3.8) is 0 Å². The summed E-state index contributed by atoms with van der Waals surface area (Å²) >= 11 is 7.31. The molecule has 0 unspecified atom stereocenters. The number of thiazole rings is 1. The molecule has 0 bridgehead atoms.